The van der Waals surface area contributed by atoms with Crippen LogP contribution in [0.1, 0.15) is 17.2 Å². The number of ether oxygens (including phenoxy) is 1. The Morgan fingerprint density at radius 1 is 1.05 bits per heavy atom. The number of para-hydroxylation sites is 1. The molecule has 2 aromatic carbocycles. The van der Waals surface area contributed by atoms with Gasteiger partial charge in [-0.05, 0) is 11.6 Å². The molecule has 0 N–H and O–H groups in total. The van der Waals surface area contributed by atoms with E-state index in [1.807, 2.05) is 54.6 Å². The Bertz CT molecular complexity index is 568. The second-order valence-electron chi connectivity index (χ2n) is 4.66. The maximum absolute atomic E-state index is 11.2. The van der Waals surface area contributed by atoms with E-state index in [4.69, 9.17) is 4.74 Å². The van der Waals surface area contributed by atoms with E-state index in [1.54, 1.807) is 4.90 Å². The van der Waals surface area contributed by atoms with Gasteiger partial charge in [0.15, 0.2) is 0 Å². The summed E-state index contributed by atoms with van der Waals surface area (Å²) >= 11 is 0. The Hall–Kier alpha value is -2.29. The van der Waals surface area contributed by atoms with Gasteiger partial charge in [-0.1, -0.05) is 48.5 Å². The fourth-order valence-corrected chi connectivity index (χ4v) is 2.36. The number of hydrogen-bond acceptors (Lipinski definition) is 2. The molecular formula is C16H15NO2. The summed E-state index contributed by atoms with van der Waals surface area (Å²) in [7, 11) is 0. The number of carbonyl (C=O) groups excluding carboxylic acids is 1. The zero-order valence-corrected chi connectivity index (χ0v) is 10.5. The van der Waals surface area contributed by atoms with Crippen LogP contribution in [0.2, 0.25) is 0 Å². The molecule has 0 radical (unpaired) electrons. The predicted octanol–water partition coefficient (Wildman–Crippen LogP) is 2.78. The quantitative estimate of drug-likeness (QED) is 0.770. The highest BCUT2D eigenvalue weighted by Gasteiger charge is 2.22. The predicted molar refractivity (Wildman–Crippen MR) is 72.7 cm³/mol. The van der Waals surface area contributed by atoms with Crippen LogP contribution in [-0.4, -0.2) is 17.9 Å². The third-order valence-corrected chi connectivity index (χ3v) is 3.34. The number of amides is 1. The topological polar surface area (TPSA) is 29.5 Å². The summed E-state index contributed by atoms with van der Waals surface area (Å²) in [6, 6.07) is 17.9. The Labute approximate surface area is 112 Å². The molecule has 0 aromatic heterocycles. The highest BCUT2D eigenvalue weighted by molar-refractivity contribution is 5.49. The maximum atomic E-state index is 11.2. The lowest BCUT2D eigenvalue weighted by Gasteiger charge is -2.20. The van der Waals surface area contributed by atoms with Gasteiger partial charge in [-0.25, -0.2) is 0 Å². The molecule has 0 aliphatic carbocycles. The van der Waals surface area contributed by atoms with Gasteiger partial charge in [0.05, 0.1) is 6.54 Å². The highest BCUT2D eigenvalue weighted by atomic mass is 16.5. The van der Waals surface area contributed by atoms with Crippen LogP contribution in [0, 0.1) is 0 Å². The summed E-state index contributed by atoms with van der Waals surface area (Å²) in [6.07, 6.45) is 0.775. The summed E-state index contributed by atoms with van der Waals surface area (Å²) in [4.78, 5) is 12.9. The van der Waals surface area contributed by atoms with Crippen molar-refractivity contribution >= 4 is 6.41 Å². The van der Waals surface area contributed by atoms with E-state index in [0.29, 0.717) is 13.1 Å². The summed E-state index contributed by atoms with van der Waals surface area (Å²) < 4.78 is 6.07. The van der Waals surface area contributed by atoms with Gasteiger partial charge in [-0.3, -0.25) is 4.79 Å². The molecule has 19 heavy (non-hydrogen) atoms. The molecule has 0 saturated carbocycles. The molecule has 0 saturated heterocycles. The lowest BCUT2D eigenvalue weighted by Crippen LogP contribution is -2.26. The normalized spacial score (nSPS) is 18.1. The van der Waals surface area contributed by atoms with Crippen molar-refractivity contribution in [1.29, 1.82) is 0 Å². The van der Waals surface area contributed by atoms with E-state index in [1.165, 1.54) is 0 Å². The van der Waals surface area contributed by atoms with Crippen molar-refractivity contribution in [3.8, 4) is 5.75 Å². The van der Waals surface area contributed by atoms with Crippen LogP contribution in [0.5, 0.6) is 5.75 Å². The van der Waals surface area contributed by atoms with Crippen LogP contribution in [0.4, 0.5) is 0 Å². The van der Waals surface area contributed by atoms with Crippen LogP contribution in [0.3, 0.4) is 0 Å². The van der Waals surface area contributed by atoms with Crippen LogP contribution in [0.15, 0.2) is 54.6 Å². The largest absolute Gasteiger partial charge is 0.484 e. The van der Waals surface area contributed by atoms with Crippen molar-refractivity contribution in [1.82, 2.24) is 4.90 Å². The molecule has 1 aliphatic heterocycles. The third-order valence-electron chi connectivity index (χ3n) is 3.34. The van der Waals surface area contributed by atoms with E-state index in [-0.39, 0.29) is 6.10 Å². The highest BCUT2D eigenvalue weighted by Crippen LogP contribution is 2.30. The Morgan fingerprint density at radius 3 is 2.58 bits per heavy atom. The maximum Gasteiger partial charge on any atom is 0.210 e. The second-order valence-corrected chi connectivity index (χ2v) is 4.66. The third kappa shape index (κ3) is 2.45. The molecule has 1 heterocycles. The molecule has 3 rings (SSSR count). The van der Waals surface area contributed by atoms with Gasteiger partial charge < -0.3 is 9.64 Å². The Kier molecular flexibility index (Phi) is 3.19. The molecular weight excluding hydrogens is 238 g/mol. The fourth-order valence-electron chi connectivity index (χ4n) is 2.36. The van der Waals surface area contributed by atoms with Crippen molar-refractivity contribution in [2.75, 3.05) is 6.54 Å². The molecule has 3 nitrogen and oxygen atoms in total. The molecule has 1 unspecified atom stereocenters. The summed E-state index contributed by atoms with van der Waals surface area (Å²) in [6.45, 7) is 1.17. The number of rotatable bonds is 2. The zero-order valence-electron chi connectivity index (χ0n) is 10.5. The van der Waals surface area contributed by atoms with Crippen molar-refractivity contribution in [3.63, 3.8) is 0 Å². The number of carbonyl (C=O) groups is 1. The first kappa shape index (κ1) is 11.8. The van der Waals surface area contributed by atoms with Crippen LogP contribution < -0.4 is 4.74 Å². The van der Waals surface area contributed by atoms with Gasteiger partial charge in [0.1, 0.15) is 11.9 Å². The van der Waals surface area contributed by atoms with Gasteiger partial charge in [-0.15, -0.1) is 0 Å². The van der Waals surface area contributed by atoms with Crippen LogP contribution >= 0.6 is 0 Å². The van der Waals surface area contributed by atoms with Crippen molar-refractivity contribution in [2.24, 2.45) is 0 Å². The first-order valence-corrected chi connectivity index (χ1v) is 6.35. The van der Waals surface area contributed by atoms with Gasteiger partial charge in [0.2, 0.25) is 6.41 Å². The number of benzene rings is 2. The van der Waals surface area contributed by atoms with Crippen LogP contribution in [0.25, 0.3) is 0 Å². The molecule has 1 atom stereocenters. The first-order chi connectivity index (χ1) is 9.36. The SMILES string of the molecule is O=CN1Cc2ccccc2OC(c2ccccc2)C1. The average Bonchev–Trinajstić information content (AvgIpc) is 2.67. The number of fused-ring (bicyclic) bond motifs is 1. The van der Waals surface area contributed by atoms with Gasteiger partial charge in [0, 0.05) is 12.1 Å². The van der Waals surface area contributed by atoms with E-state index in [9.17, 15) is 4.79 Å². The second kappa shape index (κ2) is 5.14. The summed E-state index contributed by atoms with van der Waals surface area (Å²) in [5.41, 5.74) is 2.14. The first-order valence-electron chi connectivity index (χ1n) is 6.35. The lowest BCUT2D eigenvalue weighted by atomic mass is 10.1. The average molecular weight is 253 g/mol. The molecule has 3 heteroatoms. The molecule has 2 aromatic rings. The van der Waals surface area contributed by atoms with E-state index >= 15 is 0 Å². The minimum absolute atomic E-state index is 0.116. The molecule has 0 fully saturated rings. The lowest BCUT2D eigenvalue weighted by molar-refractivity contribution is -0.119. The van der Waals surface area contributed by atoms with Crippen molar-refractivity contribution in [3.05, 3.63) is 65.7 Å². The number of nitrogens with zero attached hydrogens (tertiary/aromatic N) is 1. The van der Waals surface area contributed by atoms with E-state index < -0.39 is 0 Å². The van der Waals surface area contributed by atoms with Crippen LogP contribution in [-0.2, 0) is 11.3 Å². The van der Waals surface area contributed by atoms with Crippen molar-refractivity contribution < 1.29 is 9.53 Å². The van der Waals surface area contributed by atoms with Gasteiger partial charge >= 0.3 is 0 Å². The molecule has 96 valence electrons. The standard InChI is InChI=1S/C16H15NO2/c18-12-17-10-14-8-4-5-9-15(14)19-16(11-17)13-6-2-1-3-7-13/h1-9,12,16H,10-11H2. The minimum Gasteiger partial charge on any atom is -0.484 e. The number of hydrogen-bond donors (Lipinski definition) is 0. The molecule has 0 bridgehead atoms. The summed E-state index contributed by atoms with van der Waals surface area (Å²) in [5.74, 6) is 0.862. The van der Waals surface area contributed by atoms with Crippen molar-refractivity contribution in [2.45, 2.75) is 12.6 Å². The van der Waals surface area contributed by atoms with E-state index in [2.05, 4.69) is 0 Å². The Morgan fingerprint density at radius 2 is 1.79 bits per heavy atom. The summed E-state index contributed by atoms with van der Waals surface area (Å²) in [5, 5.41) is 0. The smallest absolute Gasteiger partial charge is 0.210 e. The molecule has 1 amide bonds. The Balaban J connectivity index is 1.97. The monoisotopic (exact) mass is 253 g/mol. The molecule has 1 aliphatic rings. The fraction of sp³-hybridized carbons (Fsp3) is 0.188. The van der Waals surface area contributed by atoms with Gasteiger partial charge in [0.25, 0.3) is 0 Å². The molecule has 0 spiro atoms. The van der Waals surface area contributed by atoms with E-state index in [0.717, 1.165) is 23.3 Å². The van der Waals surface area contributed by atoms with Gasteiger partial charge in [-0.2, -0.15) is 0 Å². The minimum atomic E-state index is -0.116. The zero-order chi connectivity index (χ0) is 13.1.